The van der Waals surface area contributed by atoms with Gasteiger partial charge in [0.2, 0.25) is 0 Å². The lowest BCUT2D eigenvalue weighted by Gasteiger charge is -2.05. The molecule has 0 saturated carbocycles. The predicted octanol–water partition coefficient (Wildman–Crippen LogP) is 2.87. The summed E-state index contributed by atoms with van der Waals surface area (Å²) < 4.78 is 1.09. The molecule has 3 N–H and O–H groups in total. The number of carbonyl (C=O) groups is 1. The van der Waals surface area contributed by atoms with Gasteiger partial charge in [0.1, 0.15) is 0 Å². The number of fused-ring (bicyclic) bond motifs is 1. The van der Waals surface area contributed by atoms with Crippen LogP contribution in [0, 0.1) is 5.92 Å². The Hall–Kier alpha value is -1.55. The molecule has 90 valence electrons. The molecule has 17 heavy (non-hydrogen) atoms. The Bertz CT molecular complexity index is 545. The maximum absolute atomic E-state index is 11.9. The molecule has 0 aliphatic carbocycles. The van der Waals surface area contributed by atoms with E-state index >= 15 is 0 Å². The average Bonchev–Trinajstić information content (AvgIpc) is 2.68. The van der Waals surface area contributed by atoms with Gasteiger partial charge in [-0.3, -0.25) is 4.79 Å². The van der Waals surface area contributed by atoms with E-state index in [4.69, 9.17) is 5.73 Å². The van der Waals surface area contributed by atoms with Crippen molar-refractivity contribution in [2.75, 3.05) is 12.3 Å². The van der Waals surface area contributed by atoms with Crippen molar-refractivity contribution < 1.29 is 4.79 Å². The summed E-state index contributed by atoms with van der Waals surface area (Å²) in [4.78, 5) is 12.6. The lowest BCUT2D eigenvalue weighted by Crippen LogP contribution is -2.26. The lowest BCUT2D eigenvalue weighted by molar-refractivity contribution is 0.0953. The topological polar surface area (TPSA) is 55.1 Å². The van der Waals surface area contributed by atoms with E-state index in [0.29, 0.717) is 12.5 Å². The summed E-state index contributed by atoms with van der Waals surface area (Å²) in [5.41, 5.74) is 6.44. The number of nitrogens with one attached hydrogen (secondary N) is 1. The van der Waals surface area contributed by atoms with Crippen LogP contribution in [0.15, 0.2) is 24.3 Å². The van der Waals surface area contributed by atoms with Gasteiger partial charge in [0.25, 0.3) is 5.91 Å². The average molecular weight is 248 g/mol. The van der Waals surface area contributed by atoms with Crippen molar-refractivity contribution in [3.05, 3.63) is 29.1 Å². The van der Waals surface area contributed by atoms with Crippen LogP contribution in [-0.2, 0) is 0 Å². The summed E-state index contributed by atoms with van der Waals surface area (Å²) in [5, 5.41) is 3.95. The number of rotatable bonds is 3. The Balaban J connectivity index is 2.21. The number of nitrogen functional groups attached to an aromatic ring is 1. The van der Waals surface area contributed by atoms with E-state index in [1.54, 1.807) is 0 Å². The Labute approximate surface area is 105 Å². The van der Waals surface area contributed by atoms with Crippen molar-refractivity contribution in [2.45, 2.75) is 13.8 Å². The lowest BCUT2D eigenvalue weighted by atomic mass is 10.2. The van der Waals surface area contributed by atoms with Gasteiger partial charge in [-0.15, -0.1) is 11.3 Å². The minimum atomic E-state index is -0.00142. The maximum Gasteiger partial charge on any atom is 0.261 e. The van der Waals surface area contributed by atoms with Crippen LogP contribution < -0.4 is 11.1 Å². The minimum absolute atomic E-state index is 0.00142. The highest BCUT2D eigenvalue weighted by Crippen LogP contribution is 2.27. The van der Waals surface area contributed by atoms with Gasteiger partial charge in [0, 0.05) is 16.9 Å². The van der Waals surface area contributed by atoms with Crippen LogP contribution in [-0.4, -0.2) is 12.5 Å². The highest BCUT2D eigenvalue weighted by molar-refractivity contribution is 7.20. The minimum Gasteiger partial charge on any atom is -0.399 e. The number of hydrogen-bond donors (Lipinski definition) is 2. The highest BCUT2D eigenvalue weighted by atomic mass is 32.1. The molecule has 1 aromatic carbocycles. The second-order valence-corrected chi connectivity index (χ2v) is 5.60. The van der Waals surface area contributed by atoms with Crippen LogP contribution in [0.1, 0.15) is 23.5 Å². The van der Waals surface area contributed by atoms with Gasteiger partial charge in [0.05, 0.1) is 4.88 Å². The fourth-order valence-electron chi connectivity index (χ4n) is 1.56. The van der Waals surface area contributed by atoms with Gasteiger partial charge >= 0.3 is 0 Å². The molecule has 2 rings (SSSR count). The molecule has 3 nitrogen and oxygen atoms in total. The van der Waals surface area contributed by atoms with Gasteiger partial charge in [-0.1, -0.05) is 13.8 Å². The molecule has 0 radical (unpaired) electrons. The molecule has 1 aromatic heterocycles. The molecular weight excluding hydrogens is 232 g/mol. The van der Waals surface area contributed by atoms with Crippen molar-refractivity contribution in [1.29, 1.82) is 0 Å². The summed E-state index contributed by atoms with van der Waals surface area (Å²) in [5.74, 6) is 0.461. The molecule has 0 atom stereocenters. The monoisotopic (exact) mass is 248 g/mol. The zero-order chi connectivity index (χ0) is 12.4. The van der Waals surface area contributed by atoms with Gasteiger partial charge in [-0.25, -0.2) is 0 Å². The third-order valence-corrected chi connectivity index (χ3v) is 3.55. The van der Waals surface area contributed by atoms with Crippen LogP contribution in [0.4, 0.5) is 5.69 Å². The predicted molar refractivity (Wildman–Crippen MR) is 73.4 cm³/mol. The van der Waals surface area contributed by atoms with E-state index in [1.165, 1.54) is 11.3 Å². The fraction of sp³-hybridized carbons (Fsp3) is 0.308. The first-order chi connectivity index (χ1) is 8.06. The molecule has 0 fully saturated rings. The van der Waals surface area contributed by atoms with E-state index in [-0.39, 0.29) is 5.91 Å². The summed E-state index contributed by atoms with van der Waals surface area (Å²) in [6.07, 6.45) is 0. The van der Waals surface area contributed by atoms with E-state index < -0.39 is 0 Å². The van der Waals surface area contributed by atoms with E-state index in [1.807, 2.05) is 24.3 Å². The molecular formula is C13H16N2OS. The summed E-state index contributed by atoms with van der Waals surface area (Å²) in [6.45, 7) is 4.85. The molecule has 0 saturated heterocycles. The number of nitrogens with two attached hydrogens (primary N) is 1. The Morgan fingerprint density at radius 3 is 2.88 bits per heavy atom. The van der Waals surface area contributed by atoms with Gasteiger partial charge < -0.3 is 11.1 Å². The zero-order valence-electron chi connectivity index (χ0n) is 9.99. The first-order valence-corrected chi connectivity index (χ1v) is 6.45. The van der Waals surface area contributed by atoms with Crippen molar-refractivity contribution in [2.24, 2.45) is 5.92 Å². The number of carbonyl (C=O) groups excluding carboxylic acids is 1. The Morgan fingerprint density at radius 1 is 1.41 bits per heavy atom. The third kappa shape index (κ3) is 2.77. The summed E-state index contributed by atoms with van der Waals surface area (Å²) in [6, 6.07) is 7.60. The second-order valence-electron chi connectivity index (χ2n) is 4.51. The smallest absolute Gasteiger partial charge is 0.261 e. The van der Waals surface area contributed by atoms with Gasteiger partial charge in [0.15, 0.2) is 0 Å². The number of benzene rings is 1. The summed E-state index contributed by atoms with van der Waals surface area (Å²) >= 11 is 1.50. The Morgan fingerprint density at radius 2 is 2.18 bits per heavy atom. The highest BCUT2D eigenvalue weighted by Gasteiger charge is 2.10. The molecule has 0 aliphatic heterocycles. The van der Waals surface area contributed by atoms with E-state index in [2.05, 4.69) is 19.2 Å². The molecule has 0 spiro atoms. The normalized spacial score (nSPS) is 11.0. The molecule has 1 heterocycles. The first-order valence-electron chi connectivity index (χ1n) is 5.63. The summed E-state index contributed by atoms with van der Waals surface area (Å²) in [7, 11) is 0. The van der Waals surface area contributed by atoms with E-state index in [9.17, 15) is 4.79 Å². The molecule has 0 unspecified atom stereocenters. The van der Waals surface area contributed by atoms with Crippen LogP contribution in [0.25, 0.3) is 10.1 Å². The number of anilines is 1. The SMILES string of the molecule is CC(C)CNC(=O)c1cc2cc(N)ccc2s1. The van der Waals surface area contributed by atoms with Crippen LogP contribution in [0.2, 0.25) is 0 Å². The van der Waals surface area contributed by atoms with Crippen molar-refractivity contribution >= 4 is 33.0 Å². The largest absolute Gasteiger partial charge is 0.399 e. The van der Waals surface area contributed by atoms with Crippen molar-refractivity contribution in [3.8, 4) is 0 Å². The Kier molecular flexibility index (Phi) is 3.33. The first kappa shape index (κ1) is 11.9. The molecule has 1 amide bonds. The second kappa shape index (κ2) is 4.75. The third-order valence-electron chi connectivity index (χ3n) is 2.44. The molecule has 0 bridgehead atoms. The standard InChI is InChI=1S/C13H16N2OS/c1-8(2)7-15-13(16)12-6-9-5-10(14)3-4-11(9)17-12/h3-6,8H,7,14H2,1-2H3,(H,15,16). The van der Waals surface area contributed by atoms with Crippen LogP contribution >= 0.6 is 11.3 Å². The van der Waals surface area contributed by atoms with Gasteiger partial charge in [-0.2, -0.15) is 0 Å². The fourth-order valence-corrected chi connectivity index (χ4v) is 2.52. The van der Waals surface area contributed by atoms with Crippen LogP contribution in [0.5, 0.6) is 0 Å². The zero-order valence-corrected chi connectivity index (χ0v) is 10.8. The molecule has 4 heteroatoms. The van der Waals surface area contributed by atoms with Crippen molar-refractivity contribution in [1.82, 2.24) is 5.32 Å². The maximum atomic E-state index is 11.9. The van der Waals surface area contributed by atoms with Crippen molar-refractivity contribution in [3.63, 3.8) is 0 Å². The number of hydrogen-bond acceptors (Lipinski definition) is 3. The van der Waals surface area contributed by atoms with Gasteiger partial charge in [-0.05, 0) is 35.6 Å². The van der Waals surface area contributed by atoms with Crippen LogP contribution in [0.3, 0.4) is 0 Å². The number of thiophene rings is 1. The number of amides is 1. The van der Waals surface area contributed by atoms with E-state index in [0.717, 1.165) is 20.7 Å². The molecule has 0 aliphatic rings. The quantitative estimate of drug-likeness (QED) is 0.821. The molecule has 2 aromatic rings.